The standard InChI is InChI=1S/C19H16F2N2O6S/c1-10-16(13-6-4-11(20)8-14(13)21)23(17(19(24)25)18(10)29-3)30(26,27)12-5-7-15(28-2)22-9-12/h4-9H,1-3H3,(H,24,25). The number of carbonyl (C=O) groups is 1. The third-order valence-electron chi connectivity index (χ3n) is 4.37. The molecule has 0 saturated heterocycles. The normalized spacial score (nSPS) is 11.4. The molecule has 1 N–H and O–H groups in total. The largest absolute Gasteiger partial charge is 0.494 e. The van der Waals surface area contributed by atoms with Crippen molar-refractivity contribution in [1.29, 1.82) is 0 Å². The molecule has 0 radical (unpaired) electrons. The fourth-order valence-corrected chi connectivity index (χ4v) is 4.57. The van der Waals surface area contributed by atoms with E-state index in [1.165, 1.54) is 26.2 Å². The fourth-order valence-electron chi connectivity index (χ4n) is 3.05. The van der Waals surface area contributed by atoms with E-state index in [4.69, 9.17) is 9.47 Å². The smallest absolute Gasteiger partial charge is 0.357 e. The summed E-state index contributed by atoms with van der Waals surface area (Å²) in [6.45, 7) is 1.38. The third-order valence-corrected chi connectivity index (χ3v) is 6.05. The summed E-state index contributed by atoms with van der Waals surface area (Å²) >= 11 is 0. The number of hydrogen-bond acceptors (Lipinski definition) is 6. The molecule has 0 bridgehead atoms. The monoisotopic (exact) mass is 438 g/mol. The molecule has 158 valence electrons. The molecule has 2 heterocycles. The van der Waals surface area contributed by atoms with Crippen molar-refractivity contribution in [2.24, 2.45) is 0 Å². The van der Waals surface area contributed by atoms with E-state index >= 15 is 0 Å². The summed E-state index contributed by atoms with van der Waals surface area (Å²) < 4.78 is 65.2. The van der Waals surface area contributed by atoms with E-state index in [1.54, 1.807) is 0 Å². The molecule has 3 rings (SSSR count). The number of hydrogen-bond donors (Lipinski definition) is 1. The van der Waals surface area contributed by atoms with Gasteiger partial charge in [0.05, 0.1) is 26.1 Å². The van der Waals surface area contributed by atoms with Crippen LogP contribution in [0.2, 0.25) is 0 Å². The Labute approximate surface area is 170 Å². The van der Waals surface area contributed by atoms with E-state index in [0.29, 0.717) is 10.0 Å². The Kier molecular flexibility index (Phi) is 5.49. The number of carboxylic acid groups (broad SMARTS) is 1. The van der Waals surface area contributed by atoms with Gasteiger partial charge in [0, 0.05) is 23.3 Å². The molecule has 1 aromatic carbocycles. The number of nitrogens with zero attached hydrogens (tertiary/aromatic N) is 2. The summed E-state index contributed by atoms with van der Waals surface area (Å²) in [6, 6.07) is 4.97. The highest BCUT2D eigenvalue weighted by Gasteiger charge is 2.35. The molecule has 30 heavy (non-hydrogen) atoms. The van der Waals surface area contributed by atoms with Crippen molar-refractivity contribution in [3.05, 3.63) is 59.4 Å². The first kappa shape index (κ1) is 21.2. The Balaban J connectivity index is 2.43. The number of aromatic carboxylic acids is 1. The van der Waals surface area contributed by atoms with Gasteiger partial charge in [-0.1, -0.05) is 0 Å². The minimum Gasteiger partial charge on any atom is -0.494 e. The van der Waals surface area contributed by atoms with Crippen LogP contribution in [0, 0.1) is 18.6 Å². The topological polar surface area (TPSA) is 108 Å². The summed E-state index contributed by atoms with van der Waals surface area (Å²) in [4.78, 5) is 15.4. The van der Waals surface area contributed by atoms with Crippen LogP contribution in [0.5, 0.6) is 11.6 Å². The molecule has 8 nitrogen and oxygen atoms in total. The lowest BCUT2D eigenvalue weighted by atomic mass is 10.1. The molecule has 0 spiro atoms. The van der Waals surface area contributed by atoms with Crippen molar-refractivity contribution >= 4 is 16.0 Å². The maximum Gasteiger partial charge on any atom is 0.357 e. The zero-order valence-electron chi connectivity index (χ0n) is 16.0. The molecule has 0 unspecified atom stereocenters. The number of rotatable bonds is 6. The highest BCUT2D eigenvalue weighted by molar-refractivity contribution is 7.90. The van der Waals surface area contributed by atoms with Gasteiger partial charge in [0.25, 0.3) is 10.0 Å². The zero-order valence-corrected chi connectivity index (χ0v) is 16.8. The van der Waals surface area contributed by atoms with Gasteiger partial charge in [-0.2, -0.15) is 0 Å². The average Bonchev–Trinajstić information content (AvgIpc) is 3.01. The van der Waals surface area contributed by atoms with Gasteiger partial charge >= 0.3 is 5.97 Å². The quantitative estimate of drug-likeness (QED) is 0.630. The maximum atomic E-state index is 14.6. The van der Waals surface area contributed by atoms with Crippen molar-refractivity contribution in [3.8, 4) is 22.9 Å². The Morgan fingerprint density at radius 3 is 2.33 bits per heavy atom. The van der Waals surface area contributed by atoms with Crippen molar-refractivity contribution in [1.82, 2.24) is 8.96 Å². The lowest BCUT2D eigenvalue weighted by Gasteiger charge is -2.14. The number of aromatic nitrogens is 2. The highest BCUT2D eigenvalue weighted by Crippen LogP contribution is 2.40. The van der Waals surface area contributed by atoms with Gasteiger partial charge in [-0.3, -0.25) is 0 Å². The Hall–Kier alpha value is -3.47. The average molecular weight is 438 g/mol. The van der Waals surface area contributed by atoms with Crippen LogP contribution in [-0.2, 0) is 10.0 Å². The predicted molar refractivity (Wildman–Crippen MR) is 101 cm³/mol. The van der Waals surface area contributed by atoms with E-state index in [9.17, 15) is 27.1 Å². The minimum absolute atomic E-state index is 0.0467. The van der Waals surface area contributed by atoms with Gasteiger partial charge in [0.15, 0.2) is 11.4 Å². The molecule has 11 heteroatoms. The predicted octanol–water partition coefficient (Wildman–Crippen LogP) is 3.09. The SMILES string of the molecule is COc1ccc(S(=O)(=O)n2c(C(=O)O)c(OC)c(C)c2-c2ccc(F)cc2F)cn1. The molecule has 0 aliphatic heterocycles. The molecular weight excluding hydrogens is 422 g/mol. The fraction of sp³-hybridized carbons (Fsp3) is 0.158. The first-order valence-corrected chi connectivity index (χ1v) is 9.81. The van der Waals surface area contributed by atoms with Crippen molar-refractivity contribution in [2.75, 3.05) is 14.2 Å². The van der Waals surface area contributed by atoms with E-state index in [1.807, 2.05) is 0 Å². The second-order valence-corrected chi connectivity index (χ2v) is 7.88. The van der Waals surface area contributed by atoms with Gasteiger partial charge in [-0.25, -0.2) is 30.9 Å². The van der Waals surface area contributed by atoms with E-state index < -0.39 is 33.3 Å². The van der Waals surface area contributed by atoms with Gasteiger partial charge in [0.1, 0.15) is 16.5 Å². The molecular formula is C19H16F2N2O6S. The molecule has 0 saturated carbocycles. The first-order valence-electron chi connectivity index (χ1n) is 8.37. The number of halogens is 2. The van der Waals surface area contributed by atoms with Crippen LogP contribution in [0.3, 0.4) is 0 Å². The maximum absolute atomic E-state index is 14.6. The van der Waals surface area contributed by atoms with Crippen LogP contribution in [0.25, 0.3) is 11.3 Å². The zero-order chi connectivity index (χ0) is 22.2. The molecule has 3 aromatic rings. The van der Waals surface area contributed by atoms with E-state index in [0.717, 1.165) is 25.4 Å². The minimum atomic E-state index is -4.58. The van der Waals surface area contributed by atoms with Gasteiger partial charge in [-0.15, -0.1) is 0 Å². The van der Waals surface area contributed by atoms with Crippen molar-refractivity contribution in [2.45, 2.75) is 11.8 Å². The first-order chi connectivity index (χ1) is 14.1. The van der Waals surface area contributed by atoms with Crippen molar-refractivity contribution in [3.63, 3.8) is 0 Å². The summed E-state index contributed by atoms with van der Waals surface area (Å²) in [5, 5.41) is 9.71. The summed E-state index contributed by atoms with van der Waals surface area (Å²) in [6.07, 6.45) is 0.979. The molecule has 0 aliphatic rings. The number of benzene rings is 1. The van der Waals surface area contributed by atoms with Crippen LogP contribution in [-0.4, -0.2) is 42.7 Å². The third kappa shape index (κ3) is 3.36. The van der Waals surface area contributed by atoms with Crippen LogP contribution in [0.4, 0.5) is 8.78 Å². The summed E-state index contributed by atoms with van der Waals surface area (Å²) in [7, 11) is -2.08. The highest BCUT2D eigenvalue weighted by atomic mass is 32.2. The summed E-state index contributed by atoms with van der Waals surface area (Å²) in [5.74, 6) is -3.70. The van der Waals surface area contributed by atoms with Crippen LogP contribution < -0.4 is 9.47 Å². The van der Waals surface area contributed by atoms with Gasteiger partial charge < -0.3 is 14.6 Å². The second-order valence-electron chi connectivity index (χ2n) is 6.09. The van der Waals surface area contributed by atoms with Crippen molar-refractivity contribution < 1.29 is 36.6 Å². The Morgan fingerprint density at radius 2 is 1.83 bits per heavy atom. The molecule has 0 atom stereocenters. The Bertz CT molecular complexity index is 1240. The molecule has 0 amide bonds. The number of pyridine rings is 1. The number of methoxy groups -OCH3 is 2. The van der Waals surface area contributed by atoms with E-state index in [2.05, 4.69) is 4.98 Å². The van der Waals surface area contributed by atoms with E-state index in [-0.39, 0.29) is 33.3 Å². The van der Waals surface area contributed by atoms with Gasteiger partial charge in [0.2, 0.25) is 5.88 Å². The lowest BCUT2D eigenvalue weighted by Crippen LogP contribution is -2.20. The Morgan fingerprint density at radius 1 is 1.13 bits per heavy atom. The van der Waals surface area contributed by atoms with Crippen LogP contribution in [0.1, 0.15) is 16.1 Å². The van der Waals surface area contributed by atoms with Crippen LogP contribution >= 0.6 is 0 Å². The molecule has 0 fully saturated rings. The van der Waals surface area contributed by atoms with Crippen LogP contribution in [0.15, 0.2) is 41.4 Å². The lowest BCUT2D eigenvalue weighted by molar-refractivity contribution is 0.0685. The second kappa shape index (κ2) is 7.75. The summed E-state index contributed by atoms with van der Waals surface area (Å²) in [5.41, 5.74) is -1.31. The molecule has 0 aliphatic carbocycles. The number of carboxylic acids is 1. The number of ether oxygens (including phenoxy) is 2. The molecule has 2 aromatic heterocycles. The van der Waals surface area contributed by atoms with Gasteiger partial charge in [-0.05, 0) is 25.1 Å².